The predicted octanol–water partition coefficient (Wildman–Crippen LogP) is 2.03. The smallest absolute Gasteiger partial charge is 0.223 e. The molecule has 0 saturated heterocycles. The Morgan fingerprint density at radius 2 is 2.17 bits per heavy atom. The highest BCUT2D eigenvalue weighted by Gasteiger charge is 2.04. The first-order valence-corrected chi connectivity index (χ1v) is 4.44. The van der Waals surface area contributed by atoms with E-state index >= 15 is 0 Å². The molecule has 0 atom stereocenters. The molecule has 0 aromatic rings. The molecule has 0 aliphatic carbocycles. The molecule has 0 aliphatic rings. The number of hydrogen-bond donors (Lipinski definition) is 0. The Hall–Kier alpha value is -0.790. The predicted molar refractivity (Wildman–Crippen MR) is 51.7 cm³/mol. The van der Waals surface area contributed by atoms with Crippen molar-refractivity contribution >= 4 is 5.91 Å². The zero-order valence-corrected chi connectivity index (χ0v) is 7.88. The molecular weight excluding hydrogens is 150 g/mol. The minimum atomic E-state index is -0.106. The molecule has 0 fully saturated rings. The van der Waals surface area contributed by atoms with Gasteiger partial charge in [-0.05, 0) is 6.42 Å². The first-order valence-electron chi connectivity index (χ1n) is 4.44. The van der Waals surface area contributed by atoms with Crippen molar-refractivity contribution in [1.82, 2.24) is 4.90 Å². The van der Waals surface area contributed by atoms with Gasteiger partial charge in [0.1, 0.15) is 0 Å². The Morgan fingerprint density at radius 1 is 1.50 bits per heavy atom. The summed E-state index contributed by atoms with van der Waals surface area (Å²) >= 11 is 0. The van der Waals surface area contributed by atoms with Crippen molar-refractivity contribution in [2.24, 2.45) is 0 Å². The molecule has 0 saturated carbocycles. The maximum absolute atomic E-state index is 10.9. The second-order valence-electron chi connectivity index (χ2n) is 2.84. The third-order valence-electron chi connectivity index (χ3n) is 1.73. The van der Waals surface area contributed by atoms with Crippen LogP contribution >= 0.6 is 0 Å². The lowest BCUT2D eigenvalue weighted by molar-refractivity contribution is -0.125. The van der Waals surface area contributed by atoms with E-state index in [9.17, 15) is 4.79 Å². The standard InChI is InChI=1S/C10H18NO/c1-4-6-7-9-11(8-5-2)10(3)12/h5H,2-4,6-9H2,1H3. The fourth-order valence-electron chi connectivity index (χ4n) is 1.03. The van der Waals surface area contributed by atoms with Gasteiger partial charge < -0.3 is 4.90 Å². The van der Waals surface area contributed by atoms with E-state index in [0.29, 0.717) is 6.54 Å². The molecule has 0 bridgehead atoms. The van der Waals surface area contributed by atoms with Crippen LogP contribution in [0, 0.1) is 6.92 Å². The van der Waals surface area contributed by atoms with Gasteiger partial charge in [-0.1, -0.05) is 25.8 Å². The molecule has 69 valence electrons. The van der Waals surface area contributed by atoms with Crippen molar-refractivity contribution in [2.45, 2.75) is 26.2 Å². The van der Waals surface area contributed by atoms with Crippen molar-refractivity contribution < 1.29 is 4.79 Å². The van der Waals surface area contributed by atoms with Gasteiger partial charge >= 0.3 is 0 Å². The van der Waals surface area contributed by atoms with Gasteiger partial charge in [0.25, 0.3) is 0 Å². The molecule has 0 spiro atoms. The summed E-state index contributed by atoms with van der Waals surface area (Å²) in [6.07, 6.45) is 5.13. The molecule has 0 N–H and O–H groups in total. The maximum atomic E-state index is 10.9. The minimum Gasteiger partial charge on any atom is -0.339 e. The highest BCUT2D eigenvalue weighted by molar-refractivity contribution is 5.80. The molecule has 2 nitrogen and oxygen atoms in total. The van der Waals surface area contributed by atoms with Crippen LogP contribution in [-0.4, -0.2) is 23.9 Å². The number of carbonyl (C=O) groups is 1. The zero-order valence-electron chi connectivity index (χ0n) is 7.88. The topological polar surface area (TPSA) is 20.3 Å². The number of carbonyl (C=O) groups excluding carboxylic acids is 1. The molecular formula is C10H18NO. The highest BCUT2D eigenvalue weighted by Crippen LogP contribution is 1.98. The van der Waals surface area contributed by atoms with Crippen molar-refractivity contribution in [2.75, 3.05) is 13.1 Å². The summed E-state index contributed by atoms with van der Waals surface area (Å²) in [6, 6.07) is 0. The van der Waals surface area contributed by atoms with Crippen LogP contribution in [0.3, 0.4) is 0 Å². The van der Waals surface area contributed by atoms with Crippen molar-refractivity contribution in [3.8, 4) is 0 Å². The van der Waals surface area contributed by atoms with Gasteiger partial charge in [0.15, 0.2) is 0 Å². The molecule has 0 aromatic carbocycles. The summed E-state index contributed by atoms with van der Waals surface area (Å²) in [5.41, 5.74) is 0. The third kappa shape index (κ3) is 4.94. The van der Waals surface area contributed by atoms with Gasteiger partial charge in [-0.25, -0.2) is 0 Å². The van der Waals surface area contributed by atoms with Crippen LogP contribution in [0.5, 0.6) is 0 Å². The Balaban J connectivity index is 3.63. The summed E-state index contributed by atoms with van der Waals surface area (Å²) in [5, 5.41) is 0. The van der Waals surface area contributed by atoms with E-state index in [-0.39, 0.29) is 5.91 Å². The van der Waals surface area contributed by atoms with Gasteiger partial charge in [0, 0.05) is 20.0 Å². The number of rotatable bonds is 6. The second-order valence-corrected chi connectivity index (χ2v) is 2.84. The number of unbranched alkanes of at least 4 members (excludes halogenated alkanes) is 2. The Morgan fingerprint density at radius 3 is 2.58 bits per heavy atom. The average molecular weight is 168 g/mol. The number of amides is 1. The van der Waals surface area contributed by atoms with Gasteiger partial charge in [0.2, 0.25) is 5.91 Å². The van der Waals surface area contributed by atoms with E-state index in [1.165, 1.54) is 12.8 Å². The summed E-state index contributed by atoms with van der Waals surface area (Å²) in [4.78, 5) is 12.6. The van der Waals surface area contributed by atoms with E-state index in [4.69, 9.17) is 0 Å². The highest BCUT2D eigenvalue weighted by atomic mass is 16.2. The Kier molecular flexibility index (Phi) is 6.44. The van der Waals surface area contributed by atoms with Gasteiger partial charge in [0.05, 0.1) is 0 Å². The van der Waals surface area contributed by atoms with Crippen LogP contribution in [-0.2, 0) is 4.79 Å². The minimum absolute atomic E-state index is 0.106. The first kappa shape index (κ1) is 11.2. The molecule has 1 radical (unpaired) electrons. The van der Waals surface area contributed by atoms with E-state index in [0.717, 1.165) is 13.0 Å². The Labute approximate surface area is 75.3 Å². The lowest BCUT2D eigenvalue weighted by Crippen LogP contribution is -2.29. The van der Waals surface area contributed by atoms with Crippen LogP contribution in [0.2, 0.25) is 0 Å². The zero-order chi connectivity index (χ0) is 9.40. The summed E-state index contributed by atoms with van der Waals surface area (Å²) in [7, 11) is 0. The molecule has 0 aromatic heterocycles. The lowest BCUT2D eigenvalue weighted by Gasteiger charge is -2.18. The normalized spacial score (nSPS) is 9.50. The van der Waals surface area contributed by atoms with E-state index in [1.54, 1.807) is 11.0 Å². The van der Waals surface area contributed by atoms with Crippen LogP contribution in [0.4, 0.5) is 0 Å². The number of hydrogen-bond acceptors (Lipinski definition) is 1. The van der Waals surface area contributed by atoms with Gasteiger partial charge in [-0.2, -0.15) is 0 Å². The molecule has 0 heterocycles. The third-order valence-corrected chi connectivity index (χ3v) is 1.73. The van der Waals surface area contributed by atoms with Crippen LogP contribution in [0.15, 0.2) is 12.7 Å². The largest absolute Gasteiger partial charge is 0.339 e. The molecule has 2 heteroatoms. The fraction of sp³-hybridized carbons (Fsp3) is 0.600. The van der Waals surface area contributed by atoms with E-state index < -0.39 is 0 Å². The van der Waals surface area contributed by atoms with Gasteiger partial charge in [-0.3, -0.25) is 4.79 Å². The molecule has 0 unspecified atom stereocenters. The number of nitrogens with zero attached hydrogens (tertiary/aromatic N) is 1. The first-order chi connectivity index (χ1) is 5.72. The van der Waals surface area contributed by atoms with Crippen LogP contribution < -0.4 is 0 Å². The summed E-state index contributed by atoms with van der Waals surface area (Å²) < 4.78 is 0. The molecule has 0 aliphatic heterocycles. The quantitative estimate of drug-likeness (QED) is 0.439. The lowest BCUT2D eigenvalue weighted by atomic mass is 10.2. The van der Waals surface area contributed by atoms with Crippen LogP contribution in [0.1, 0.15) is 26.2 Å². The van der Waals surface area contributed by atoms with Crippen molar-refractivity contribution in [1.29, 1.82) is 0 Å². The fourth-order valence-corrected chi connectivity index (χ4v) is 1.03. The van der Waals surface area contributed by atoms with Crippen molar-refractivity contribution in [3.63, 3.8) is 0 Å². The molecule has 0 rings (SSSR count). The maximum Gasteiger partial charge on any atom is 0.223 e. The molecule has 12 heavy (non-hydrogen) atoms. The molecule has 1 amide bonds. The SMILES string of the molecule is [CH2]C(=O)N(CC=C)CCCCC. The Bertz CT molecular complexity index is 143. The van der Waals surface area contributed by atoms with Crippen LogP contribution in [0.25, 0.3) is 0 Å². The average Bonchev–Trinajstić information content (AvgIpc) is 2.03. The van der Waals surface area contributed by atoms with E-state index in [2.05, 4.69) is 20.4 Å². The monoisotopic (exact) mass is 168 g/mol. The summed E-state index contributed by atoms with van der Waals surface area (Å²) in [6.45, 7) is 10.5. The van der Waals surface area contributed by atoms with Gasteiger partial charge in [-0.15, -0.1) is 6.58 Å². The van der Waals surface area contributed by atoms with Crippen molar-refractivity contribution in [3.05, 3.63) is 19.6 Å². The van der Waals surface area contributed by atoms with E-state index in [1.807, 2.05) is 0 Å². The second kappa shape index (κ2) is 6.89. The summed E-state index contributed by atoms with van der Waals surface area (Å²) in [5.74, 6) is -0.106.